The molecule has 0 saturated heterocycles. The number of carboxylic acid groups (broad SMARTS) is 1. The van der Waals surface area contributed by atoms with Gasteiger partial charge in [-0.1, -0.05) is 23.7 Å². The number of anilines is 1. The molecule has 0 fully saturated rings. The number of halogens is 1. The van der Waals surface area contributed by atoms with Gasteiger partial charge in [-0.15, -0.1) is 11.3 Å². The number of hydrogen-bond donors (Lipinski definition) is 2. The Balaban J connectivity index is 2.12. The third kappa shape index (κ3) is 3.15. The number of rotatable bonds is 4. The van der Waals surface area contributed by atoms with Crippen molar-refractivity contribution in [3.05, 3.63) is 45.4 Å². The van der Waals surface area contributed by atoms with Gasteiger partial charge in [0.25, 0.3) is 0 Å². The number of carbonyl (C=O) groups is 2. The zero-order chi connectivity index (χ0) is 14.7. The zero-order valence-corrected chi connectivity index (χ0v) is 12.0. The van der Waals surface area contributed by atoms with Gasteiger partial charge in [0.2, 0.25) is 5.91 Å². The number of aromatic carboxylic acids is 1. The first-order valence-corrected chi connectivity index (χ1v) is 6.99. The average Bonchev–Trinajstić information content (AvgIpc) is 2.90. The summed E-state index contributed by atoms with van der Waals surface area (Å²) in [7, 11) is 0. The molecule has 5 nitrogen and oxygen atoms in total. The Labute approximate surface area is 124 Å². The third-order valence-electron chi connectivity index (χ3n) is 2.64. The molecular formula is C13H11ClN2O3S. The summed E-state index contributed by atoms with van der Waals surface area (Å²) in [6.45, 7) is 1.66. The Morgan fingerprint density at radius 2 is 2.10 bits per heavy atom. The summed E-state index contributed by atoms with van der Waals surface area (Å²) >= 11 is 7.10. The Morgan fingerprint density at radius 1 is 1.40 bits per heavy atom. The van der Waals surface area contributed by atoms with Crippen molar-refractivity contribution in [1.82, 2.24) is 4.98 Å². The maximum Gasteiger partial charge on any atom is 0.355 e. The van der Waals surface area contributed by atoms with Crippen LogP contribution in [0.5, 0.6) is 0 Å². The van der Waals surface area contributed by atoms with Crippen LogP contribution in [0.2, 0.25) is 5.02 Å². The summed E-state index contributed by atoms with van der Waals surface area (Å²) < 4.78 is 0. The van der Waals surface area contributed by atoms with Crippen molar-refractivity contribution in [1.29, 1.82) is 0 Å². The molecule has 7 heteroatoms. The minimum absolute atomic E-state index is 0.0533. The van der Waals surface area contributed by atoms with Gasteiger partial charge in [-0.25, -0.2) is 9.78 Å². The fourth-order valence-corrected chi connectivity index (χ4v) is 2.53. The molecule has 0 aliphatic rings. The van der Waals surface area contributed by atoms with Crippen LogP contribution < -0.4 is 5.32 Å². The van der Waals surface area contributed by atoms with E-state index in [-0.39, 0.29) is 11.6 Å². The number of carboxylic acids is 1. The number of hydrogen-bond acceptors (Lipinski definition) is 4. The zero-order valence-electron chi connectivity index (χ0n) is 10.5. The lowest BCUT2D eigenvalue weighted by molar-refractivity contribution is -0.117. The van der Waals surface area contributed by atoms with E-state index in [2.05, 4.69) is 10.3 Å². The Hall–Kier alpha value is -1.92. The van der Waals surface area contributed by atoms with Crippen LogP contribution >= 0.6 is 22.9 Å². The fraction of sp³-hybridized carbons (Fsp3) is 0.154. The van der Waals surface area contributed by atoms with E-state index in [1.165, 1.54) is 5.38 Å². The lowest BCUT2D eigenvalue weighted by Crippen LogP contribution is -2.19. The molecule has 1 aromatic carbocycles. The number of thiazole rings is 1. The molecule has 2 aromatic rings. The molecule has 0 unspecified atom stereocenters. The van der Waals surface area contributed by atoms with Crippen molar-refractivity contribution in [2.24, 2.45) is 0 Å². The van der Waals surface area contributed by atoms with Crippen LogP contribution in [0, 0.1) is 0 Å². The minimum Gasteiger partial charge on any atom is -0.476 e. The molecule has 1 amide bonds. The highest BCUT2D eigenvalue weighted by Gasteiger charge is 2.21. The second-order valence-electron chi connectivity index (χ2n) is 4.07. The number of nitrogens with zero attached hydrogens (tertiary/aromatic N) is 1. The van der Waals surface area contributed by atoms with E-state index in [1.54, 1.807) is 31.2 Å². The molecule has 2 N–H and O–H groups in total. The number of nitrogens with one attached hydrogen (secondary N) is 1. The Kier molecular flexibility index (Phi) is 4.36. The smallest absolute Gasteiger partial charge is 0.355 e. The first-order chi connectivity index (χ1) is 9.49. The molecule has 0 aliphatic carbocycles. The summed E-state index contributed by atoms with van der Waals surface area (Å²) in [4.78, 5) is 26.8. The molecule has 0 bridgehead atoms. The molecule has 2 rings (SSSR count). The van der Waals surface area contributed by atoms with Gasteiger partial charge in [0, 0.05) is 5.38 Å². The molecule has 0 spiro atoms. The second-order valence-corrected chi connectivity index (χ2v) is 5.36. The quantitative estimate of drug-likeness (QED) is 0.908. The van der Waals surface area contributed by atoms with Gasteiger partial charge in [0.1, 0.15) is 5.01 Å². The molecule has 1 atom stereocenters. The van der Waals surface area contributed by atoms with Crippen molar-refractivity contribution < 1.29 is 14.7 Å². The van der Waals surface area contributed by atoms with Crippen LogP contribution in [0.4, 0.5) is 5.69 Å². The average molecular weight is 311 g/mol. The first kappa shape index (κ1) is 14.5. The van der Waals surface area contributed by atoms with Gasteiger partial charge < -0.3 is 10.4 Å². The number of benzene rings is 1. The van der Waals surface area contributed by atoms with Crippen LogP contribution in [0.25, 0.3) is 0 Å². The highest BCUT2D eigenvalue weighted by Crippen LogP contribution is 2.25. The number of amides is 1. The van der Waals surface area contributed by atoms with Crippen molar-refractivity contribution in [2.45, 2.75) is 12.8 Å². The van der Waals surface area contributed by atoms with E-state index in [0.29, 0.717) is 15.7 Å². The van der Waals surface area contributed by atoms with Crippen molar-refractivity contribution >= 4 is 40.5 Å². The molecule has 104 valence electrons. The molecule has 0 radical (unpaired) electrons. The summed E-state index contributed by atoms with van der Waals surface area (Å²) in [5, 5.41) is 13.8. The van der Waals surface area contributed by atoms with Crippen LogP contribution in [-0.4, -0.2) is 22.0 Å². The van der Waals surface area contributed by atoms with Crippen LogP contribution in [-0.2, 0) is 4.79 Å². The lowest BCUT2D eigenvalue weighted by atomic mass is 10.1. The van der Waals surface area contributed by atoms with E-state index in [1.807, 2.05) is 0 Å². The molecule has 1 aromatic heterocycles. The van der Waals surface area contributed by atoms with E-state index in [9.17, 15) is 9.59 Å². The van der Waals surface area contributed by atoms with Crippen LogP contribution in [0.15, 0.2) is 29.6 Å². The number of para-hydroxylation sites is 1. The summed E-state index contributed by atoms with van der Waals surface area (Å²) in [6.07, 6.45) is 0. The minimum atomic E-state index is -1.11. The lowest BCUT2D eigenvalue weighted by Gasteiger charge is -2.10. The van der Waals surface area contributed by atoms with E-state index in [4.69, 9.17) is 16.7 Å². The molecule has 0 saturated carbocycles. The Morgan fingerprint density at radius 3 is 2.70 bits per heavy atom. The number of aromatic nitrogens is 1. The topological polar surface area (TPSA) is 79.3 Å². The van der Waals surface area contributed by atoms with Gasteiger partial charge >= 0.3 is 5.97 Å². The molecule has 20 heavy (non-hydrogen) atoms. The highest BCUT2D eigenvalue weighted by molar-refractivity contribution is 7.10. The predicted molar refractivity (Wildman–Crippen MR) is 77.6 cm³/mol. The first-order valence-electron chi connectivity index (χ1n) is 5.73. The standard InChI is InChI=1S/C13H11ClN2O3S/c1-7(12-16-10(6-20-12)13(18)19)11(17)15-9-5-3-2-4-8(9)14/h2-7H,1H3,(H,15,17)(H,18,19)/t7-/m0/s1. The van der Waals surface area contributed by atoms with Gasteiger partial charge in [-0.05, 0) is 19.1 Å². The largest absolute Gasteiger partial charge is 0.476 e. The van der Waals surface area contributed by atoms with E-state index in [0.717, 1.165) is 11.3 Å². The van der Waals surface area contributed by atoms with Gasteiger partial charge in [-0.2, -0.15) is 0 Å². The predicted octanol–water partition coefficient (Wildman–Crippen LogP) is 3.24. The van der Waals surface area contributed by atoms with E-state index < -0.39 is 11.9 Å². The van der Waals surface area contributed by atoms with Crippen molar-refractivity contribution in [2.75, 3.05) is 5.32 Å². The van der Waals surface area contributed by atoms with Crippen LogP contribution in [0.1, 0.15) is 28.3 Å². The molecule has 0 aliphatic heterocycles. The summed E-state index contributed by atoms with van der Waals surface area (Å²) in [6, 6.07) is 6.89. The highest BCUT2D eigenvalue weighted by atomic mass is 35.5. The van der Waals surface area contributed by atoms with Gasteiger partial charge in [-0.3, -0.25) is 4.79 Å². The van der Waals surface area contributed by atoms with Crippen molar-refractivity contribution in [3.8, 4) is 0 Å². The van der Waals surface area contributed by atoms with E-state index >= 15 is 0 Å². The van der Waals surface area contributed by atoms with Gasteiger partial charge in [0.05, 0.1) is 16.6 Å². The normalized spacial score (nSPS) is 11.9. The van der Waals surface area contributed by atoms with Crippen LogP contribution in [0.3, 0.4) is 0 Å². The third-order valence-corrected chi connectivity index (χ3v) is 3.99. The summed E-state index contributed by atoms with van der Waals surface area (Å²) in [5.41, 5.74) is 0.462. The maximum absolute atomic E-state index is 12.1. The monoisotopic (exact) mass is 310 g/mol. The molecular weight excluding hydrogens is 300 g/mol. The number of carbonyl (C=O) groups excluding carboxylic acids is 1. The van der Waals surface area contributed by atoms with Gasteiger partial charge in [0.15, 0.2) is 5.69 Å². The molecule has 1 heterocycles. The fourth-order valence-electron chi connectivity index (χ4n) is 1.50. The SMILES string of the molecule is C[C@@H](C(=O)Nc1ccccc1Cl)c1nc(C(=O)O)cs1. The Bertz CT molecular complexity index is 657. The van der Waals surface area contributed by atoms with Crippen molar-refractivity contribution in [3.63, 3.8) is 0 Å². The summed E-state index contributed by atoms with van der Waals surface area (Å²) in [5.74, 6) is -1.94. The maximum atomic E-state index is 12.1. The second kappa shape index (κ2) is 6.02.